The summed E-state index contributed by atoms with van der Waals surface area (Å²) in [5.74, 6) is 0. The van der Waals surface area contributed by atoms with Crippen LogP contribution in [0.4, 0.5) is 0 Å². The maximum absolute atomic E-state index is 12.0. The number of hydrogen-bond acceptors (Lipinski definition) is 0. The van der Waals surface area contributed by atoms with E-state index in [-0.39, 0.29) is 0 Å². The number of hydrogen-bond donors (Lipinski definition) is 0. The van der Waals surface area contributed by atoms with E-state index in [4.69, 9.17) is 0 Å². The molecule has 212 valence electrons. The minimum atomic E-state index is 1.03. The molecule has 0 amide bonds. The van der Waals surface area contributed by atoms with Gasteiger partial charge < -0.3 is 5.53 Å². The molecule has 0 radical (unpaired) electrons. The van der Waals surface area contributed by atoms with Crippen LogP contribution in [-0.2, 0) is 12.8 Å². The summed E-state index contributed by atoms with van der Waals surface area (Å²) in [7, 11) is 0. The molecule has 0 bridgehead atoms. The first-order chi connectivity index (χ1) is 19.1. The van der Waals surface area contributed by atoms with Crippen molar-refractivity contribution in [3.05, 3.63) is 87.5 Å². The van der Waals surface area contributed by atoms with Gasteiger partial charge in [0.2, 0.25) is 11.4 Å². The molecule has 2 heteroatoms. The van der Waals surface area contributed by atoms with Gasteiger partial charge in [-0.05, 0) is 86.8 Å². The zero-order valence-electron chi connectivity index (χ0n) is 25.5. The molecule has 1 aliphatic heterocycles. The Kier molecular flexibility index (Phi) is 13.7. The SMILES string of the molecule is CCCCCCc1cccc(C2=C(CCCCC)C(CCCCC)=C(c3cccc(CCCCC)c3)[N+]2=[N-])c1. The predicted octanol–water partition coefficient (Wildman–Crippen LogP) is 11.9. The van der Waals surface area contributed by atoms with Crippen molar-refractivity contribution in [3.63, 3.8) is 0 Å². The highest BCUT2D eigenvalue weighted by Gasteiger charge is 2.35. The largest absolute Gasteiger partial charge is 0.493 e. The van der Waals surface area contributed by atoms with Crippen molar-refractivity contribution < 1.29 is 4.70 Å². The second-order valence-corrected chi connectivity index (χ2v) is 11.5. The molecule has 0 saturated carbocycles. The van der Waals surface area contributed by atoms with E-state index in [9.17, 15) is 5.53 Å². The van der Waals surface area contributed by atoms with Gasteiger partial charge in [-0.25, -0.2) is 4.70 Å². The van der Waals surface area contributed by atoms with Crippen LogP contribution in [0.15, 0.2) is 59.7 Å². The van der Waals surface area contributed by atoms with Gasteiger partial charge in [0.25, 0.3) is 0 Å². The molecule has 3 rings (SSSR count). The molecule has 0 atom stereocenters. The highest BCUT2D eigenvalue weighted by molar-refractivity contribution is 5.82. The van der Waals surface area contributed by atoms with Crippen molar-refractivity contribution >= 4 is 11.4 Å². The Labute approximate surface area is 240 Å². The van der Waals surface area contributed by atoms with E-state index in [1.54, 1.807) is 4.70 Å². The van der Waals surface area contributed by atoms with Crippen LogP contribution in [-0.4, -0.2) is 4.70 Å². The normalized spacial score (nSPS) is 13.7. The molecule has 1 aliphatic rings. The van der Waals surface area contributed by atoms with E-state index in [2.05, 4.69) is 76.2 Å². The van der Waals surface area contributed by atoms with Crippen LogP contribution in [0.1, 0.15) is 146 Å². The van der Waals surface area contributed by atoms with E-state index in [1.807, 2.05) is 0 Å². The molecule has 1 heterocycles. The zero-order chi connectivity index (χ0) is 27.9. The Morgan fingerprint density at radius 2 is 0.872 bits per heavy atom. The first-order valence-electron chi connectivity index (χ1n) is 16.3. The molecular weight excluding hydrogens is 472 g/mol. The molecule has 0 saturated heterocycles. The number of unbranched alkanes of at least 4 members (excludes halogenated alkanes) is 9. The average Bonchev–Trinajstić information content (AvgIpc) is 3.22. The van der Waals surface area contributed by atoms with E-state index in [1.165, 1.54) is 111 Å². The number of rotatable bonds is 19. The topological polar surface area (TPSA) is 25.3 Å². The minimum Gasteiger partial charge on any atom is -0.493 e. The van der Waals surface area contributed by atoms with Gasteiger partial charge in [0.1, 0.15) is 0 Å². The smallest absolute Gasteiger partial charge is 0.211 e. The third kappa shape index (κ3) is 9.02. The Morgan fingerprint density at radius 3 is 1.31 bits per heavy atom. The second kappa shape index (κ2) is 17.3. The summed E-state index contributed by atoms with van der Waals surface area (Å²) in [6.07, 6.45) is 20.3. The highest BCUT2D eigenvalue weighted by atomic mass is 15.2. The van der Waals surface area contributed by atoms with Crippen molar-refractivity contribution in [3.8, 4) is 0 Å². The van der Waals surface area contributed by atoms with Gasteiger partial charge in [-0.1, -0.05) is 110 Å². The monoisotopic (exact) mass is 526 g/mol. The lowest BCUT2D eigenvalue weighted by Gasteiger charge is -2.12. The average molecular weight is 527 g/mol. The molecule has 0 spiro atoms. The Bertz CT molecular complexity index is 1100. The van der Waals surface area contributed by atoms with Crippen molar-refractivity contribution in [1.29, 1.82) is 0 Å². The maximum atomic E-state index is 12.0. The minimum absolute atomic E-state index is 1.03. The van der Waals surface area contributed by atoms with Gasteiger partial charge in [0.15, 0.2) is 0 Å². The first kappa shape index (κ1) is 31.1. The van der Waals surface area contributed by atoms with Crippen LogP contribution in [0, 0.1) is 0 Å². The number of benzene rings is 2. The van der Waals surface area contributed by atoms with Crippen molar-refractivity contribution in [2.45, 2.75) is 137 Å². The van der Waals surface area contributed by atoms with Gasteiger partial charge in [0.05, 0.1) is 0 Å². The van der Waals surface area contributed by atoms with Gasteiger partial charge in [-0.15, -0.1) is 0 Å². The van der Waals surface area contributed by atoms with E-state index < -0.39 is 0 Å². The van der Waals surface area contributed by atoms with E-state index >= 15 is 0 Å². The summed E-state index contributed by atoms with van der Waals surface area (Å²) >= 11 is 0. The fourth-order valence-corrected chi connectivity index (χ4v) is 5.97. The number of nitrogens with zero attached hydrogens (tertiary/aromatic N) is 2. The van der Waals surface area contributed by atoms with Gasteiger partial charge in [-0.3, -0.25) is 0 Å². The quantitative estimate of drug-likeness (QED) is 0.128. The molecule has 2 nitrogen and oxygen atoms in total. The summed E-state index contributed by atoms with van der Waals surface area (Å²) in [6, 6.07) is 18.0. The predicted molar refractivity (Wildman–Crippen MR) is 170 cm³/mol. The third-order valence-electron chi connectivity index (χ3n) is 8.21. The van der Waals surface area contributed by atoms with Gasteiger partial charge in [-0.2, -0.15) is 0 Å². The fraction of sp³-hybridized carbons (Fsp3) is 0.568. The molecule has 0 aromatic heterocycles. The van der Waals surface area contributed by atoms with Crippen molar-refractivity contribution in [1.82, 2.24) is 0 Å². The zero-order valence-corrected chi connectivity index (χ0v) is 25.5. The molecule has 2 aromatic carbocycles. The van der Waals surface area contributed by atoms with Gasteiger partial charge in [0, 0.05) is 22.3 Å². The van der Waals surface area contributed by atoms with Crippen molar-refractivity contribution in [2.75, 3.05) is 0 Å². The summed E-state index contributed by atoms with van der Waals surface area (Å²) in [6.45, 7) is 9.08. The Morgan fingerprint density at radius 1 is 0.487 bits per heavy atom. The van der Waals surface area contributed by atoms with Crippen LogP contribution in [0.3, 0.4) is 0 Å². The summed E-state index contributed by atoms with van der Waals surface area (Å²) in [5, 5.41) is 0. The molecule has 0 aliphatic carbocycles. The lowest BCUT2D eigenvalue weighted by molar-refractivity contribution is -0.345. The van der Waals surface area contributed by atoms with E-state index in [0.29, 0.717) is 0 Å². The molecule has 2 aromatic rings. The first-order valence-corrected chi connectivity index (χ1v) is 16.3. The second-order valence-electron chi connectivity index (χ2n) is 11.5. The standard InChI is InChI=1S/C37H54N2/c1-5-9-13-17-21-31-23-19-25-33(29-31)37-35(27-16-12-8-4)34(26-15-11-7-3)36(39(37)38)32-24-18-22-30(28-32)20-14-10-6-2/h18-19,22-25,28-29H,5-17,20-21,26-27H2,1-4H3. The van der Waals surface area contributed by atoms with Crippen LogP contribution in [0.5, 0.6) is 0 Å². The third-order valence-corrected chi connectivity index (χ3v) is 8.21. The number of allylic oxidation sites excluding steroid dienone is 2. The summed E-state index contributed by atoms with van der Waals surface area (Å²) < 4.78 is 1.57. The summed E-state index contributed by atoms with van der Waals surface area (Å²) in [4.78, 5) is 0. The van der Waals surface area contributed by atoms with E-state index in [0.717, 1.165) is 42.6 Å². The fourth-order valence-electron chi connectivity index (χ4n) is 5.97. The molecule has 39 heavy (non-hydrogen) atoms. The lowest BCUT2D eigenvalue weighted by Crippen LogP contribution is -2.03. The van der Waals surface area contributed by atoms with Gasteiger partial charge >= 0.3 is 0 Å². The Balaban J connectivity index is 2.03. The molecule has 0 unspecified atom stereocenters. The molecule has 0 fully saturated rings. The lowest BCUT2D eigenvalue weighted by atomic mass is 9.91. The molecule has 0 N–H and O–H groups in total. The molecular formula is C37H54N2. The van der Waals surface area contributed by atoms with Crippen molar-refractivity contribution in [2.24, 2.45) is 0 Å². The maximum Gasteiger partial charge on any atom is 0.211 e. The van der Waals surface area contributed by atoms with Crippen LogP contribution >= 0.6 is 0 Å². The van der Waals surface area contributed by atoms with Crippen LogP contribution < -0.4 is 0 Å². The number of aryl methyl sites for hydroxylation is 2. The van der Waals surface area contributed by atoms with Crippen LogP contribution in [0.2, 0.25) is 0 Å². The van der Waals surface area contributed by atoms with Crippen LogP contribution in [0.25, 0.3) is 16.9 Å². The highest BCUT2D eigenvalue weighted by Crippen LogP contribution is 2.44. The summed E-state index contributed by atoms with van der Waals surface area (Å²) in [5.41, 5.74) is 21.9. The Hall–Kier alpha value is -2.48.